The topological polar surface area (TPSA) is 40.9 Å². The van der Waals surface area contributed by atoms with Crippen LogP contribution in [0.15, 0.2) is 0 Å². The Morgan fingerprint density at radius 3 is 2.55 bits per heavy atom. The highest BCUT2D eigenvalue weighted by Crippen LogP contribution is 2.18. The Morgan fingerprint density at radius 2 is 2.27 bits per heavy atom. The van der Waals surface area contributed by atoms with Crippen LogP contribution >= 0.6 is 11.6 Å². The van der Waals surface area contributed by atoms with Gasteiger partial charge in [0.25, 0.3) is 0 Å². The fraction of sp³-hybridized carbons (Fsp3) is 0.857. The fourth-order valence-electron chi connectivity index (χ4n) is 0.668. The molecular weight excluding hydrogens is 182 g/mol. The van der Waals surface area contributed by atoms with Gasteiger partial charge in [-0.3, -0.25) is 4.21 Å². The second kappa shape index (κ2) is 4.74. The Balaban J connectivity index is 4.14. The van der Waals surface area contributed by atoms with E-state index in [1.165, 1.54) is 0 Å². The van der Waals surface area contributed by atoms with Crippen LogP contribution in [-0.2, 0) is 10.8 Å². The molecule has 0 aromatic carbocycles. The molecule has 2 atom stereocenters. The first kappa shape index (κ1) is 10.9. The normalized spacial score (nSPS) is 18.4. The highest BCUT2D eigenvalue weighted by molar-refractivity contribution is 7.86. The van der Waals surface area contributed by atoms with Crippen molar-refractivity contribution in [2.75, 3.05) is 12.1 Å². The molecule has 0 aromatic rings. The Bertz CT molecular complexity index is 189. The molecule has 0 saturated carbocycles. The average molecular weight is 194 g/mol. The third-order valence-electron chi connectivity index (χ3n) is 1.66. The van der Waals surface area contributed by atoms with Gasteiger partial charge in [-0.15, -0.1) is 11.6 Å². The number of rotatable bonds is 4. The Kier molecular flexibility index (Phi) is 4.71. The monoisotopic (exact) mass is 193 g/mol. The maximum atomic E-state index is 11.0. The van der Waals surface area contributed by atoms with Crippen molar-refractivity contribution < 1.29 is 4.21 Å². The van der Waals surface area contributed by atoms with Crippen molar-refractivity contribution in [3.05, 3.63) is 0 Å². The van der Waals surface area contributed by atoms with E-state index in [-0.39, 0.29) is 0 Å². The first-order chi connectivity index (χ1) is 5.06. The lowest BCUT2D eigenvalue weighted by molar-refractivity contribution is 0.630. The largest absolute Gasteiger partial charge is 0.258 e. The lowest BCUT2D eigenvalue weighted by Crippen LogP contribution is -2.27. The number of nitriles is 1. The zero-order valence-corrected chi connectivity index (χ0v) is 8.34. The summed E-state index contributed by atoms with van der Waals surface area (Å²) >= 11 is 5.46. The van der Waals surface area contributed by atoms with E-state index in [4.69, 9.17) is 16.9 Å². The van der Waals surface area contributed by atoms with Gasteiger partial charge in [0.2, 0.25) is 0 Å². The summed E-state index contributed by atoms with van der Waals surface area (Å²) in [5.41, 5.74) is 0. The first-order valence-electron chi connectivity index (χ1n) is 3.37. The summed E-state index contributed by atoms with van der Waals surface area (Å²) in [6, 6.07) is 2.05. The molecule has 0 aliphatic carbocycles. The average Bonchev–Trinajstić information content (AvgIpc) is 2.00. The number of hydrogen-bond acceptors (Lipinski definition) is 2. The molecule has 0 aromatic heterocycles. The summed E-state index contributed by atoms with van der Waals surface area (Å²) in [4.78, 5) is 0. The molecule has 0 unspecified atom stereocenters. The Hall–Kier alpha value is -0.0700. The van der Waals surface area contributed by atoms with Crippen LogP contribution in [0.2, 0.25) is 0 Å². The van der Waals surface area contributed by atoms with Crippen LogP contribution in [0.4, 0.5) is 0 Å². The van der Waals surface area contributed by atoms with Crippen molar-refractivity contribution in [1.82, 2.24) is 0 Å². The maximum Gasteiger partial charge on any atom is 0.129 e. The first-order valence-corrected chi connectivity index (χ1v) is 5.47. The van der Waals surface area contributed by atoms with Crippen LogP contribution in [0.5, 0.6) is 0 Å². The Morgan fingerprint density at radius 1 is 1.73 bits per heavy atom. The zero-order chi connectivity index (χ0) is 8.91. The highest BCUT2D eigenvalue weighted by Gasteiger charge is 2.27. The van der Waals surface area contributed by atoms with E-state index in [9.17, 15) is 4.21 Å². The fourth-order valence-corrected chi connectivity index (χ4v) is 1.36. The lowest BCUT2D eigenvalue weighted by atomic mass is 10.1. The SMILES string of the molecule is C[S@@](=O)[C@@](C)(C#N)CCCCl. The third kappa shape index (κ3) is 3.22. The second-order valence-electron chi connectivity index (χ2n) is 2.59. The van der Waals surface area contributed by atoms with Crippen molar-refractivity contribution in [2.45, 2.75) is 24.5 Å². The minimum Gasteiger partial charge on any atom is -0.258 e. The van der Waals surface area contributed by atoms with Gasteiger partial charge in [-0.1, -0.05) is 0 Å². The highest BCUT2D eigenvalue weighted by atomic mass is 35.5. The van der Waals surface area contributed by atoms with Gasteiger partial charge in [0, 0.05) is 22.9 Å². The molecule has 0 bridgehead atoms. The summed E-state index contributed by atoms with van der Waals surface area (Å²) < 4.78 is 10.3. The van der Waals surface area contributed by atoms with E-state index in [1.54, 1.807) is 13.2 Å². The smallest absolute Gasteiger partial charge is 0.129 e. The molecule has 64 valence electrons. The van der Waals surface area contributed by atoms with Crippen molar-refractivity contribution in [3.8, 4) is 6.07 Å². The van der Waals surface area contributed by atoms with E-state index in [0.717, 1.165) is 6.42 Å². The van der Waals surface area contributed by atoms with Crippen molar-refractivity contribution in [3.63, 3.8) is 0 Å². The summed E-state index contributed by atoms with van der Waals surface area (Å²) in [6.07, 6.45) is 2.90. The Labute approximate surface area is 75.0 Å². The second-order valence-corrected chi connectivity index (χ2v) is 4.78. The summed E-state index contributed by atoms with van der Waals surface area (Å²) in [5, 5.41) is 8.70. The van der Waals surface area contributed by atoms with Crippen molar-refractivity contribution in [1.29, 1.82) is 5.26 Å². The molecule has 0 radical (unpaired) electrons. The molecule has 0 spiro atoms. The number of alkyl halides is 1. The molecule has 0 N–H and O–H groups in total. The number of halogens is 1. The molecule has 0 aliphatic heterocycles. The molecule has 4 heteroatoms. The molecule has 0 amide bonds. The van der Waals surface area contributed by atoms with Gasteiger partial charge in [-0.05, 0) is 19.8 Å². The van der Waals surface area contributed by atoms with E-state index < -0.39 is 15.5 Å². The van der Waals surface area contributed by atoms with E-state index >= 15 is 0 Å². The predicted molar refractivity (Wildman–Crippen MR) is 48.0 cm³/mol. The molecule has 0 fully saturated rings. The van der Waals surface area contributed by atoms with Crippen molar-refractivity contribution >= 4 is 22.4 Å². The quantitative estimate of drug-likeness (QED) is 0.638. The zero-order valence-electron chi connectivity index (χ0n) is 6.76. The van der Waals surface area contributed by atoms with Gasteiger partial charge < -0.3 is 0 Å². The molecule has 0 saturated heterocycles. The van der Waals surface area contributed by atoms with E-state index in [0.29, 0.717) is 12.3 Å². The summed E-state index contributed by atoms with van der Waals surface area (Å²) in [6.45, 7) is 1.70. The van der Waals surface area contributed by atoms with Gasteiger partial charge in [-0.2, -0.15) is 5.26 Å². The number of nitrogens with zero attached hydrogens (tertiary/aromatic N) is 1. The summed E-state index contributed by atoms with van der Waals surface area (Å²) in [5.74, 6) is 0.522. The number of hydrogen-bond donors (Lipinski definition) is 0. The van der Waals surface area contributed by atoms with Crippen LogP contribution in [0.25, 0.3) is 0 Å². The predicted octanol–water partition coefficient (Wildman–Crippen LogP) is 1.67. The minimum atomic E-state index is -1.09. The molecule has 0 aliphatic rings. The standard InChI is InChI=1S/C7H12ClNOS/c1-7(6-9,11(2)10)4-3-5-8/h3-5H2,1-2H3/t7-,11-/m1/s1. The van der Waals surface area contributed by atoms with E-state index in [1.807, 2.05) is 0 Å². The maximum absolute atomic E-state index is 11.0. The molecule has 0 rings (SSSR count). The third-order valence-corrected chi connectivity index (χ3v) is 3.49. The lowest BCUT2D eigenvalue weighted by Gasteiger charge is -2.16. The van der Waals surface area contributed by atoms with Crippen LogP contribution in [-0.4, -0.2) is 21.1 Å². The van der Waals surface area contributed by atoms with Crippen LogP contribution < -0.4 is 0 Å². The van der Waals surface area contributed by atoms with Crippen LogP contribution in [0, 0.1) is 11.3 Å². The molecule has 11 heavy (non-hydrogen) atoms. The minimum absolute atomic E-state index is 0.522. The van der Waals surface area contributed by atoms with Gasteiger partial charge in [-0.25, -0.2) is 0 Å². The summed E-state index contributed by atoms with van der Waals surface area (Å²) in [7, 11) is -1.09. The molecular formula is C7H12ClNOS. The molecule has 0 heterocycles. The van der Waals surface area contributed by atoms with Gasteiger partial charge >= 0.3 is 0 Å². The van der Waals surface area contributed by atoms with Crippen LogP contribution in [0.1, 0.15) is 19.8 Å². The van der Waals surface area contributed by atoms with Gasteiger partial charge in [0.05, 0.1) is 6.07 Å². The van der Waals surface area contributed by atoms with Crippen molar-refractivity contribution in [2.24, 2.45) is 0 Å². The van der Waals surface area contributed by atoms with Gasteiger partial charge in [0.1, 0.15) is 4.75 Å². The van der Waals surface area contributed by atoms with E-state index in [2.05, 4.69) is 6.07 Å². The molecule has 2 nitrogen and oxygen atoms in total. The van der Waals surface area contributed by atoms with Gasteiger partial charge in [0.15, 0.2) is 0 Å². The van der Waals surface area contributed by atoms with Crippen LogP contribution in [0.3, 0.4) is 0 Å².